The van der Waals surface area contributed by atoms with Crippen molar-refractivity contribution >= 4 is 15.7 Å². The third-order valence-electron chi connectivity index (χ3n) is 2.96. The van der Waals surface area contributed by atoms with Crippen LogP contribution in [-0.4, -0.2) is 58.2 Å². The predicted octanol–water partition coefficient (Wildman–Crippen LogP) is -0.696. The average Bonchev–Trinajstić information content (AvgIpc) is 2.26. The minimum absolute atomic E-state index is 0.0114. The van der Waals surface area contributed by atoms with Crippen molar-refractivity contribution in [3.8, 4) is 0 Å². The molecule has 1 aliphatic heterocycles. The molecule has 1 aliphatic rings. The highest BCUT2D eigenvalue weighted by atomic mass is 32.2. The third-order valence-corrected chi connectivity index (χ3v) is 4.70. The van der Waals surface area contributed by atoms with Crippen molar-refractivity contribution < 1.29 is 17.9 Å². The van der Waals surface area contributed by atoms with Crippen molar-refractivity contribution in [3.05, 3.63) is 0 Å². The van der Waals surface area contributed by atoms with Crippen LogP contribution in [0.4, 0.5) is 0 Å². The molecule has 0 radical (unpaired) electrons. The fraction of sp³-hybridized carbons (Fsp3) is 0.909. The summed E-state index contributed by atoms with van der Waals surface area (Å²) in [6.45, 7) is 2.86. The van der Waals surface area contributed by atoms with Crippen molar-refractivity contribution in [2.75, 3.05) is 31.8 Å². The van der Waals surface area contributed by atoms with E-state index in [1.807, 2.05) is 6.92 Å². The van der Waals surface area contributed by atoms with Crippen LogP contribution >= 0.6 is 0 Å². The molecule has 2 atom stereocenters. The van der Waals surface area contributed by atoms with Gasteiger partial charge in [0.05, 0.1) is 24.2 Å². The standard InChI is InChI=1S/C11H22N2O4S/c1-3-9(7-17-2)13-11(14)6-10-8-18(15,16)5-4-12-10/h9-10,12H,3-8H2,1-2H3,(H,13,14). The third kappa shape index (κ3) is 5.32. The van der Waals surface area contributed by atoms with E-state index in [1.165, 1.54) is 0 Å². The number of hydrogen-bond donors (Lipinski definition) is 2. The number of sulfone groups is 1. The molecule has 2 N–H and O–H groups in total. The van der Waals surface area contributed by atoms with Gasteiger partial charge in [0.25, 0.3) is 0 Å². The summed E-state index contributed by atoms with van der Waals surface area (Å²) in [6, 6.07) is -0.286. The van der Waals surface area contributed by atoms with Crippen LogP contribution in [-0.2, 0) is 19.4 Å². The molecule has 0 aromatic heterocycles. The molecule has 1 saturated heterocycles. The van der Waals surface area contributed by atoms with E-state index in [4.69, 9.17) is 4.74 Å². The van der Waals surface area contributed by atoms with Gasteiger partial charge in [0.2, 0.25) is 5.91 Å². The fourth-order valence-corrected chi connectivity index (χ4v) is 3.42. The van der Waals surface area contributed by atoms with Crippen LogP contribution in [0.2, 0.25) is 0 Å². The van der Waals surface area contributed by atoms with Crippen LogP contribution in [0.5, 0.6) is 0 Å². The van der Waals surface area contributed by atoms with Crippen LogP contribution < -0.4 is 10.6 Å². The molecule has 1 fully saturated rings. The van der Waals surface area contributed by atoms with Crippen LogP contribution in [0.3, 0.4) is 0 Å². The zero-order valence-corrected chi connectivity index (χ0v) is 11.8. The van der Waals surface area contributed by atoms with E-state index in [0.717, 1.165) is 6.42 Å². The predicted molar refractivity (Wildman–Crippen MR) is 69.2 cm³/mol. The Hall–Kier alpha value is -0.660. The summed E-state index contributed by atoms with van der Waals surface area (Å²) in [5, 5.41) is 5.90. The highest BCUT2D eigenvalue weighted by molar-refractivity contribution is 7.91. The molecule has 0 aliphatic carbocycles. The number of ether oxygens (including phenoxy) is 1. The second-order valence-electron chi connectivity index (χ2n) is 4.60. The molecular formula is C11H22N2O4S. The molecule has 7 heteroatoms. The lowest BCUT2D eigenvalue weighted by molar-refractivity contribution is -0.122. The zero-order valence-electron chi connectivity index (χ0n) is 10.9. The summed E-state index contributed by atoms with van der Waals surface area (Å²) in [7, 11) is -1.40. The molecule has 6 nitrogen and oxygen atoms in total. The summed E-state index contributed by atoms with van der Waals surface area (Å²) in [6.07, 6.45) is 0.982. The average molecular weight is 278 g/mol. The first-order chi connectivity index (χ1) is 8.46. The van der Waals surface area contributed by atoms with E-state index in [-0.39, 0.29) is 35.9 Å². The van der Waals surface area contributed by atoms with Gasteiger partial charge in [-0.15, -0.1) is 0 Å². The lowest BCUT2D eigenvalue weighted by Crippen LogP contribution is -2.48. The fourth-order valence-electron chi connectivity index (χ4n) is 1.97. The van der Waals surface area contributed by atoms with Gasteiger partial charge in [-0.2, -0.15) is 0 Å². The molecule has 0 aromatic rings. The van der Waals surface area contributed by atoms with E-state index in [0.29, 0.717) is 13.2 Å². The van der Waals surface area contributed by atoms with Gasteiger partial charge in [0, 0.05) is 26.1 Å². The van der Waals surface area contributed by atoms with E-state index in [2.05, 4.69) is 10.6 Å². The second-order valence-corrected chi connectivity index (χ2v) is 6.83. The minimum atomic E-state index is -2.99. The smallest absolute Gasteiger partial charge is 0.221 e. The summed E-state index contributed by atoms with van der Waals surface area (Å²) in [4.78, 5) is 11.8. The zero-order chi connectivity index (χ0) is 13.6. The Labute approximate surface area is 108 Å². The first kappa shape index (κ1) is 15.4. The van der Waals surface area contributed by atoms with Gasteiger partial charge in [-0.1, -0.05) is 6.92 Å². The number of hydrogen-bond acceptors (Lipinski definition) is 5. The number of carbonyl (C=O) groups excluding carboxylic acids is 1. The number of rotatable bonds is 6. The first-order valence-corrected chi connectivity index (χ1v) is 8.01. The van der Waals surface area contributed by atoms with Crippen LogP contribution in [0.1, 0.15) is 19.8 Å². The van der Waals surface area contributed by atoms with Crippen molar-refractivity contribution in [2.45, 2.75) is 31.8 Å². The minimum Gasteiger partial charge on any atom is -0.383 e. The lowest BCUT2D eigenvalue weighted by Gasteiger charge is -2.24. The molecule has 1 amide bonds. The van der Waals surface area contributed by atoms with Crippen molar-refractivity contribution in [1.82, 2.24) is 10.6 Å². The SMILES string of the molecule is CCC(COC)NC(=O)CC1CS(=O)(=O)CCN1. The van der Waals surface area contributed by atoms with E-state index in [1.54, 1.807) is 7.11 Å². The van der Waals surface area contributed by atoms with Crippen molar-refractivity contribution in [1.29, 1.82) is 0 Å². The van der Waals surface area contributed by atoms with Gasteiger partial charge in [0.1, 0.15) is 0 Å². The largest absolute Gasteiger partial charge is 0.383 e. The molecule has 1 rings (SSSR count). The first-order valence-electron chi connectivity index (χ1n) is 6.19. The van der Waals surface area contributed by atoms with E-state index >= 15 is 0 Å². The number of nitrogens with one attached hydrogen (secondary N) is 2. The van der Waals surface area contributed by atoms with Gasteiger partial charge < -0.3 is 15.4 Å². The van der Waals surface area contributed by atoms with E-state index in [9.17, 15) is 13.2 Å². The Balaban J connectivity index is 2.39. The summed E-state index contributed by atoms with van der Waals surface area (Å²) in [5.41, 5.74) is 0. The van der Waals surface area contributed by atoms with Crippen LogP contribution in [0.15, 0.2) is 0 Å². The second kappa shape index (κ2) is 7.06. The van der Waals surface area contributed by atoms with Crippen LogP contribution in [0.25, 0.3) is 0 Å². The Kier molecular flexibility index (Phi) is 6.04. The number of methoxy groups -OCH3 is 1. The molecule has 106 valence electrons. The van der Waals surface area contributed by atoms with Gasteiger partial charge in [-0.25, -0.2) is 8.42 Å². The lowest BCUT2D eigenvalue weighted by atomic mass is 10.2. The Morgan fingerprint density at radius 1 is 1.56 bits per heavy atom. The number of carbonyl (C=O) groups is 1. The summed E-state index contributed by atoms with van der Waals surface area (Å²) in [5.74, 6) is 0.0712. The van der Waals surface area contributed by atoms with Crippen molar-refractivity contribution in [3.63, 3.8) is 0 Å². The maximum Gasteiger partial charge on any atom is 0.221 e. The maximum atomic E-state index is 11.8. The van der Waals surface area contributed by atoms with Gasteiger partial charge >= 0.3 is 0 Å². The Morgan fingerprint density at radius 2 is 2.28 bits per heavy atom. The molecule has 0 bridgehead atoms. The Morgan fingerprint density at radius 3 is 2.83 bits per heavy atom. The van der Waals surface area contributed by atoms with Gasteiger partial charge in [-0.3, -0.25) is 4.79 Å². The highest BCUT2D eigenvalue weighted by Gasteiger charge is 2.26. The molecule has 2 unspecified atom stereocenters. The molecule has 0 aromatic carbocycles. The Bertz CT molecular complexity index is 369. The monoisotopic (exact) mass is 278 g/mol. The molecule has 0 spiro atoms. The maximum absolute atomic E-state index is 11.8. The van der Waals surface area contributed by atoms with Crippen molar-refractivity contribution in [2.24, 2.45) is 0 Å². The molecular weight excluding hydrogens is 256 g/mol. The van der Waals surface area contributed by atoms with Crippen LogP contribution in [0, 0.1) is 0 Å². The number of amides is 1. The summed E-state index contributed by atoms with van der Waals surface area (Å²) >= 11 is 0. The summed E-state index contributed by atoms with van der Waals surface area (Å²) < 4.78 is 27.9. The van der Waals surface area contributed by atoms with E-state index < -0.39 is 9.84 Å². The highest BCUT2D eigenvalue weighted by Crippen LogP contribution is 2.05. The normalized spacial score (nSPS) is 24.4. The van der Waals surface area contributed by atoms with Gasteiger partial charge in [-0.05, 0) is 6.42 Å². The van der Waals surface area contributed by atoms with Gasteiger partial charge in [0.15, 0.2) is 9.84 Å². The molecule has 0 saturated carbocycles. The topological polar surface area (TPSA) is 84.5 Å². The molecule has 1 heterocycles. The quantitative estimate of drug-likeness (QED) is 0.671. The molecule has 18 heavy (non-hydrogen) atoms.